The van der Waals surface area contributed by atoms with Gasteiger partial charge in [-0.1, -0.05) is 36.4 Å². The first-order chi connectivity index (χ1) is 11.6. The molecule has 0 atom stereocenters. The van der Waals surface area contributed by atoms with Gasteiger partial charge in [0.15, 0.2) is 0 Å². The highest BCUT2D eigenvalue weighted by Gasteiger charge is 2.22. The summed E-state index contributed by atoms with van der Waals surface area (Å²) in [6, 6.07) is 19.2. The van der Waals surface area contributed by atoms with E-state index in [0.717, 1.165) is 28.0 Å². The van der Waals surface area contributed by atoms with Gasteiger partial charge in [-0.05, 0) is 31.2 Å². The Hall–Kier alpha value is -3.34. The van der Waals surface area contributed by atoms with Crippen LogP contribution in [-0.2, 0) is 0 Å². The lowest BCUT2D eigenvalue weighted by Gasteiger charge is -2.08. The summed E-state index contributed by atoms with van der Waals surface area (Å²) in [7, 11) is 0. The number of aromatic carboxylic acids is 1. The van der Waals surface area contributed by atoms with Gasteiger partial charge >= 0.3 is 5.97 Å². The summed E-state index contributed by atoms with van der Waals surface area (Å²) in [5.74, 6) is -0.986. The third-order valence-electron chi connectivity index (χ3n) is 4.01. The van der Waals surface area contributed by atoms with E-state index in [9.17, 15) is 9.90 Å². The summed E-state index contributed by atoms with van der Waals surface area (Å²) in [6.07, 6.45) is 0. The number of nitrogens with zero attached hydrogens (tertiary/aromatic N) is 2. The third-order valence-corrected chi connectivity index (χ3v) is 4.01. The van der Waals surface area contributed by atoms with E-state index in [-0.39, 0.29) is 5.69 Å². The molecule has 2 N–H and O–H groups in total. The van der Waals surface area contributed by atoms with Crippen molar-refractivity contribution in [1.82, 2.24) is 14.8 Å². The minimum absolute atomic E-state index is 0.174. The predicted octanol–water partition coefficient (Wildman–Crippen LogP) is 4.03. The molecule has 4 aromatic rings. The minimum Gasteiger partial charge on any atom is -0.477 e. The Morgan fingerprint density at radius 1 is 1.08 bits per heavy atom. The van der Waals surface area contributed by atoms with Crippen LogP contribution in [0.1, 0.15) is 16.2 Å². The fraction of sp³-hybridized carbons (Fsp3) is 0.0526. The number of aromatic amines is 1. The van der Waals surface area contributed by atoms with E-state index in [0.29, 0.717) is 5.56 Å². The number of para-hydroxylation sites is 2. The van der Waals surface area contributed by atoms with Crippen molar-refractivity contribution in [3.05, 3.63) is 72.1 Å². The molecule has 0 unspecified atom stereocenters. The van der Waals surface area contributed by atoms with Crippen molar-refractivity contribution in [2.45, 2.75) is 6.92 Å². The average molecular weight is 317 g/mol. The number of H-pyrrole nitrogens is 1. The van der Waals surface area contributed by atoms with Crippen molar-refractivity contribution in [1.29, 1.82) is 0 Å². The van der Waals surface area contributed by atoms with Gasteiger partial charge in [0.05, 0.1) is 17.1 Å². The van der Waals surface area contributed by atoms with Crippen LogP contribution in [0.25, 0.3) is 27.8 Å². The molecule has 0 saturated heterocycles. The van der Waals surface area contributed by atoms with E-state index in [1.54, 1.807) is 4.68 Å². The second kappa shape index (κ2) is 5.38. The second-order valence-corrected chi connectivity index (χ2v) is 5.64. The smallest absolute Gasteiger partial charge is 0.353 e. The molecule has 4 rings (SSSR count). The highest BCUT2D eigenvalue weighted by molar-refractivity contribution is 6.07. The van der Waals surface area contributed by atoms with Crippen molar-refractivity contribution in [3.63, 3.8) is 0 Å². The van der Waals surface area contributed by atoms with Gasteiger partial charge in [0.1, 0.15) is 5.69 Å². The number of aryl methyl sites for hydroxylation is 1. The van der Waals surface area contributed by atoms with Gasteiger partial charge in [0.2, 0.25) is 0 Å². The Morgan fingerprint density at radius 2 is 1.79 bits per heavy atom. The Morgan fingerprint density at radius 3 is 2.54 bits per heavy atom. The lowest BCUT2D eigenvalue weighted by molar-refractivity contribution is 0.0692. The summed E-state index contributed by atoms with van der Waals surface area (Å²) in [5, 5.41) is 15.1. The number of nitrogens with one attached hydrogen (secondary N) is 1. The van der Waals surface area contributed by atoms with E-state index < -0.39 is 5.97 Å². The maximum absolute atomic E-state index is 11.8. The van der Waals surface area contributed by atoms with Crippen LogP contribution in [0, 0.1) is 6.92 Å². The molecular formula is C19H15N3O2. The normalized spacial score (nSPS) is 11.0. The number of rotatable bonds is 3. The summed E-state index contributed by atoms with van der Waals surface area (Å²) in [6.45, 7) is 1.90. The zero-order valence-corrected chi connectivity index (χ0v) is 13.0. The van der Waals surface area contributed by atoms with Crippen molar-refractivity contribution >= 4 is 16.9 Å². The molecular weight excluding hydrogens is 302 g/mol. The number of carboxylic acid groups (broad SMARTS) is 1. The number of fused-ring (bicyclic) bond motifs is 1. The molecule has 0 radical (unpaired) electrons. The molecule has 0 fully saturated rings. The fourth-order valence-electron chi connectivity index (χ4n) is 3.01. The first kappa shape index (κ1) is 14.3. The van der Waals surface area contributed by atoms with Crippen LogP contribution in [0.2, 0.25) is 0 Å². The molecule has 5 heteroatoms. The monoisotopic (exact) mass is 317 g/mol. The van der Waals surface area contributed by atoms with Gasteiger partial charge in [0.25, 0.3) is 0 Å². The van der Waals surface area contributed by atoms with Gasteiger partial charge in [-0.2, -0.15) is 5.10 Å². The topological polar surface area (TPSA) is 70.9 Å². The molecule has 118 valence electrons. The van der Waals surface area contributed by atoms with Crippen molar-refractivity contribution in [2.24, 2.45) is 0 Å². The van der Waals surface area contributed by atoms with Crippen LogP contribution in [0.3, 0.4) is 0 Å². The van der Waals surface area contributed by atoms with E-state index >= 15 is 0 Å². The standard InChI is InChI=1S/C19H15N3O2/c1-12-11-16(22(21-12)13-7-3-2-4-8-13)17-14-9-5-6-10-15(14)20-18(17)19(23)24/h2-11,20H,1H3,(H,23,24). The molecule has 0 amide bonds. The quantitative estimate of drug-likeness (QED) is 0.599. The molecule has 5 nitrogen and oxygen atoms in total. The lowest BCUT2D eigenvalue weighted by Crippen LogP contribution is -2.03. The Kier molecular flexibility index (Phi) is 3.20. The molecule has 2 aromatic heterocycles. The zero-order chi connectivity index (χ0) is 16.7. The second-order valence-electron chi connectivity index (χ2n) is 5.64. The first-order valence-corrected chi connectivity index (χ1v) is 7.61. The number of aromatic nitrogens is 3. The van der Waals surface area contributed by atoms with Crippen LogP contribution in [0.15, 0.2) is 60.7 Å². The van der Waals surface area contributed by atoms with Crippen LogP contribution < -0.4 is 0 Å². The molecule has 0 spiro atoms. The minimum atomic E-state index is -0.986. The van der Waals surface area contributed by atoms with Crippen molar-refractivity contribution in [2.75, 3.05) is 0 Å². The Bertz CT molecular complexity index is 1050. The number of benzene rings is 2. The van der Waals surface area contributed by atoms with Gasteiger partial charge in [-0.25, -0.2) is 9.48 Å². The molecule has 2 heterocycles. The summed E-state index contributed by atoms with van der Waals surface area (Å²) in [4.78, 5) is 14.8. The van der Waals surface area contributed by atoms with Crippen molar-refractivity contribution in [3.8, 4) is 16.9 Å². The number of hydrogen-bond acceptors (Lipinski definition) is 2. The first-order valence-electron chi connectivity index (χ1n) is 7.61. The fourth-order valence-corrected chi connectivity index (χ4v) is 3.01. The predicted molar refractivity (Wildman–Crippen MR) is 92.6 cm³/mol. The molecule has 0 saturated carbocycles. The molecule has 0 aliphatic heterocycles. The maximum Gasteiger partial charge on any atom is 0.353 e. The van der Waals surface area contributed by atoms with Crippen LogP contribution in [0.5, 0.6) is 0 Å². The van der Waals surface area contributed by atoms with E-state index in [1.165, 1.54) is 0 Å². The van der Waals surface area contributed by atoms with E-state index in [1.807, 2.05) is 67.6 Å². The van der Waals surface area contributed by atoms with Gasteiger partial charge < -0.3 is 10.1 Å². The molecule has 0 aliphatic rings. The highest BCUT2D eigenvalue weighted by Crippen LogP contribution is 2.34. The van der Waals surface area contributed by atoms with Gasteiger partial charge in [-0.3, -0.25) is 0 Å². The van der Waals surface area contributed by atoms with Crippen LogP contribution >= 0.6 is 0 Å². The highest BCUT2D eigenvalue weighted by atomic mass is 16.4. The summed E-state index contributed by atoms with van der Waals surface area (Å²) < 4.78 is 1.79. The molecule has 24 heavy (non-hydrogen) atoms. The van der Waals surface area contributed by atoms with Crippen LogP contribution in [0.4, 0.5) is 0 Å². The molecule has 0 bridgehead atoms. The summed E-state index contributed by atoms with van der Waals surface area (Å²) in [5.41, 5.74) is 4.10. The maximum atomic E-state index is 11.8. The average Bonchev–Trinajstić information content (AvgIpc) is 3.16. The van der Waals surface area contributed by atoms with Gasteiger partial charge in [0, 0.05) is 16.5 Å². The van der Waals surface area contributed by atoms with Crippen LogP contribution in [-0.4, -0.2) is 25.8 Å². The zero-order valence-electron chi connectivity index (χ0n) is 13.0. The Balaban J connectivity index is 2.06. The number of carboxylic acids is 1. The molecule has 2 aromatic carbocycles. The Labute approximate surface area is 138 Å². The van der Waals surface area contributed by atoms with E-state index in [2.05, 4.69) is 10.1 Å². The summed E-state index contributed by atoms with van der Waals surface area (Å²) >= 11 is 0. The SMILES string of the molecule is Cc1cc(-c2c(C(=O)O)[nH]c3ccccc23)n(-c2ccccc2)n1. The number of hydrogen-bond donors (Lipinski definition) is 2. The van der Waals surface area contributed by atoms with E-state index in [4.69, 9.17) is 0 Å². The number of carbonyl (C=O) groups is 1. The van der Waals surface area contributed by atoms with Crippen molar-refractivity contribution < 1.29 is 9.90 Å². The largest absolute Gasteiger partial charge is 0.477 e. The van der Waals surface area contributed by atoms with Gasteiger partial charge in [-0.15, -0.1) is 0 Å². The lowest BCUT2D eigenvalue weighted by atomic mass is 10.1. The third kappa shape index (κ3) is 2.18. The molecule has 0 aliphatic carbocycles.